The Balaban J connectivity index is 1.62. The molecule has 48 heavy (non-hydrogen) atoms. The van der Waals surface area contributed by atoms with Gasteiger partial charge in [-0.3, -0.25) is 0 Å². The van der Waals surface area contributed by atoms with E-state index in [4.69, 9.17) is 27.9 Å². The largest absolute Gasteiger partial charge is 0.372 e. The van der Waals surface area contributed by atoms with Gasteiger partial charge in [0.2, 0.25) is 0 Å². The second kappa shape index (κ2) is 13.7. The van der Waals surface area contributed by atoms with E-state index in [-0.39, 0.29) is 20.2 Å². The minimum Gasteiger partial charge on any atom is -0.372 e. The average Bonchev–Trinajstić information content (AvgIpc) is 3.73. The number of aromatic amines is 1. The number of fused-ring (bicyclic) bond motifs is 3. The molecule has 3 aromatic heterocycles. The lowest BCUT2D eigenvalue weighted by Gasteiger charge is -2.25. The topological polar surface area (TPSA) is 101 Å². The number of thiophene rings is 2. The van der Waals surface area contributed by atoms with Gasteiger partial charge in [-0.15, -0.1) is 22.7 Å². The van der Waals surface area contributed by atoms with Gasteiger partial charge in [0.25, 0.3) is 0 Å². The summed E-state index contributed by atoms with van der Waals surface area (Å²) in [5.41, 5.74) is 2.19. The summed E-state index contributed by atoms with van der Waals surface area (Å²) in [5.74, 6) is 0. The van der Waals surface area contributed by atoms with Gasteiger partial charge < -0.3 is 14.6 Å². The van der Waals surface area contributed by atoms with Gasteiger partial charge in [0.15, 0.2) is 14.1 Å². The molecule has 6 rings (SSSR count). The number of H-pyrrole nitrogens is 1. The maximum atomic E-state index is 15.0. The number of quaternary nitrogens is 1. The summed E-state index contributed by atoms with van der Waals surface area (Å²) >= 11 is 14.6. The maximum absolute atomic E-state index is 15.0. The fraction of sp³-hybridized carbons (Fsp3) is 0.294. The molecule has 254 valence electrons. The van der Waals surface area contributed by atoms with Crippen LogP contribution < -0.4 is 3.71 Å². The quantitative estimate of drug-likeness (QED) is 0.130. The lowest BCUT2D eigenvalue weighted by Crippen LogP contribution is -3.10. The molecule has 2 N–H and O–H groups in total. The first kappa shape index (κ1) is 35.3. The molecule has 0 amide bonds. The van der Waals surface area contributed by atoms with Crippen LogP contribution in [0.4, 0.5) is 5.69 Å². The molecular formula is C34H36Cl2N3O5S4+. The minimum absolute atomic E-state index is 0.0438. The van der Waals surface area contributed by atoms with Gasteiger partial charge in [-0.05, 0) is 92.2 Å². The van der Waals surface area contributed by atoms with E-state index in [1.165, 1.54) is 0 Å². The zero-order valence-corrected chi connectivity index (χ0v) is 31.8. The highest BCUT2D eigenvalue weighted by atomic mass is 35.5. The van der Waals surface area contributed by atoms with E-state index in [0.717, 1.165) is 41.3 Å². The predicted octanol–water partition coefficient (Wildman–Crippen LogP) is 8.23. The molecule has 0 aliphatic carbocycles. The van der Waals surface area contributed by atoms with Gasteiger partial charge in [-0.1, -0.05) is 52.9 Å². The molecule has 1 unspecified atom stereocenters. The lowest BCUT2D eigenvalue weighted by molar-refractivity contribution is -0.528. The summed E-state index contributed by atoms with van der Waals surface area (Å²) in [5, 5.41) is 2.93. The van der Waals surface area contributed by atoms with E-state index in [2.05, 4.69) is 23.7 Å². The SMILES string of the molecule is CCOC(CN(CC)CC)c1c[nH]c2c([NH+](S(=O)(=O)c3sc4ccc(Cl)cc4c3C)S(=O)(=O)c3sc4ccc(Cl)cc4c3C)cccc12. The van der Waals surface area contributed by atoms with Crippen molar-refractivity contribution in [3.8, 4) is 0 Å². The summed E-state index contributed by atoms with van der Waals surface area (Å²) in [6, 6.07) is 15.4. The number of ether oxygens (including phenoxy) is 1. The summed E-state index contributed by atoms with van der Waals surface area (Å²) in [4.78, 5) is 5.51. The fourth-order valence-electron chi connectivity index (χ4n) is 6.23. The molecule has 0 fully saturated rings. The highest BCUT2D eigenvalue weighted by Crippen LogP contribution is 2.39. The third-order valence-corrected chi connectivity index (χ3v) is 17.4. The van der Waals surface area contributed by atoms with E-state index in [0.29, 0.717) is 65.4 Å². The summed E-state index contributed by atoms with van der Waals surface area (Å²) < 4.78 is 66.9. The molecule has 0 radical (unpaired) electrons. The Hall–Kier alpha value is -2.52. The third kappa shape index (κ3) is 6.09. The first-order chi connectivity index (χ1) is 22.8. The van der Waals surface area contributed by atoms with Crippen LogP contribution in [-0.2, 0) is 24.8 Å². The van der Waals surface area contributed by atoms with Crippen molar-refractivity contribution < 1.29 is 25.3 Å². The third-order valence-electron chi connectivity index (χ3n) is 8.69. The van der Waals surface area contributed by atoms with Crippen LogP contribution in [0.3, 0.4) is 0 Å². The smallest absolute Gasteiger partial charge is 0.355 e. The van der Waals surface area contributed by atoms with E-state index in [1.807, 2.05) is 13.0 Å². The molecule has 3 aromatic carbocycles. The molecule has 0 bridgehead atoms. The number of benzene rings is 3. The van der Waals surface area contributed by atoms with Crippen LogP contribution in [0.2, 0.25) is 10.0 Å². The summed E-state index contributed by atoms with van der Waals surface area (Å²) in [6.45, 7) is 12.2. The number of nitrogens with one attached hydrogen (secondary N) is 2. The number of rotatable bonds is 12. The zero-order chi connectivity index (χ0) is 34.5. The van der Waals surface area contributed by atoms with Crippen LogP contribution in [-0.4, -0.2) is 53.0 Å². The Kier molecular flexibility index (Phi) is 10.0. The van der Waals surface area contributed by atoms with Crippen molar-refractivity contribution in [3.05, 3.63) is 87.5 Å². The number of halogens is 2. The molecule has 0 spiro atoms. The molecule has 6 aromatic rings. The molecular weight excluding hydrogens is 730 g/mol. The maximum Gasteiger partial charge on any atom is 0.355 e. The number of hydrogen-bond donors (Lipinski definition) is 2. The first-order valence-corrected chi connectivity index (χ1v) is 20.9. The number of para-hydroxylation sites is 1. The van der Waals surface area contributed by atoms with Gasteiger partial charge in [0, 0.05) is 55.8 Å². The number of aryl methyl sites for hydroxylation is 2. The molecule has 14 heteroatoms. The lowest BCUT2D eigenvalue weighted by atomic mass is 10.1. The van der Waals surface area contributed by atoms with Crippen LogP contribution in [0.25, 0.3) is 31.1 Å². The van der Waals surface area contributed by atoms with Crippen LogP contribution >= 0.6 is 45.9 Å². The van der Waals surface area contributed by atoms with Gasteiger partial charge >= 0.3 is 20.0 Å². The molecule has 0 aliphatic heterocycles. The van der Waals surface area contributed by atoms with E-state index in [9.17, 15) is 0 Å². The van der Waals surface area contributed by atoms with Crippen molar-refractivity contribution in [2.24, 2.45) is 0 Å². The predicted molar refractivity (Wildman–Crippen MR) is 199 cm³/mol. The van der Waals surface area contributed by atoms with Crippen molar-refractivity contribution in [2.75, 3.05) is 26.2 Å². The molecule has 1 atom stereocenters. The van der Waals surface area contributed by atoms with Crippen molar-refractivity contribution >= 4 is 103 Å². The Bertz CT molecular complexity index is 2260. The van der Waals surface area contributed by atoms with Gasteiger partial charge in [0.1, 0.15) is 5.52 Å². The Morgan fingerprint density at radius 3 is 1.85 bits per heavy atom. The highest BCUT2D eigenvalue weighted by Gasteiger charge is 2.47. The first-order valence-electron chi connectivity index (χ1n) is 15.5. The monoisotopic (exact) mass is 764 g/mol. The van der Waals surface area contributed by atoms with Crippen molar-refractivity contribution in [3.63, 3.8) is 0 Å². The summed E-state index contributed by atoms with van der Waals surface area (Å²) in [7, 11) is -9.28. The van der Waals surface area contributed by atoms with Crippen LogP contribution in [0.1, 0.15) is 43.6 Å². The normalized spacial score (nSPS) is 13.5. The Labute approximate surface area is 298 Å². The fourth-order valence-corrected chi connectivity index (χ4v) is 14.6. The van der Waals surface area contributed by atoms with Crippen LogP contribution in [0.5, 0.6) is 0 Å². The number of aromatic nitrogens is 1. The number of likely N-dealkylation sites (N-methyl/N-ethyl adjacent to an activating group) is 1. The van der Waals surface area contributed by atoms with Crippen molar-refractivity contribution in [2.45, 2.75) is 49.1 Å². The second-order valence-corrected chi connectivity index (χ2v) is 18.9. The van der Waals surface area contributed by atoms with Crippen molar-refractivity contribution in [1.29, 1.82) is 0 Å². The van der Waals surface area contributed by atoms with Gasteiger partial charge in [0.05, 0.1) is 6.10 Å². The molecule has 8 nitrogen and oxygen atoms in total. The van der Waals surface area contributed by atoms with E-state index >= 15 is 16.8 Å². The minimum atomic E-state index is -4.64. The van der Waals surface area contributed by atoms with E-state index < -0.39 is 23.8 Å². The molecule has 0 saturated heterocycles. The molecule has 0 saturated carbocycles. The second-order valence-electron chi connectivity index (χ2n) is 11.5. The van der Waals surface area contributed by atoms with Gasteiger partial charge in [-0.2, -0.15) is 16.8 Å². The van der Waals surface area contributed by atoms with Crippen LogP contribution in [0, 0.1) is 13.8 Å². The van der Waals surface area contributed by atoms with Crippen LogP contribution in [0.15, 0.2) is 69.2 Å². The van der Waals surface area contributed by atoms with Crippen molar-refractivity contribution in [1.82, 2.24) is 9.88 Å². The average molecular weight is 766 g/mol. The standard InChI is InChI=1S/C34H35Cl2N3O5S4/c1-6-38(7-2)19-29(44-8-3)27-18-37-32-24(27)10-9-11-28(32)39(47(40,41)33-20(4)25-16-22(35)12-14-30(25)45-33)48(42,43)34-21(5)26-17-23(36)13-15-31(26)46-34/h9-18,29,37H,6-8,19H2,1-5H3/p+1. The molecule has 3 heterocycles. The highest BCUT2D eigenvalue weighted by molar-refractivity contribution is 7.99. The molecule has 0 aliphatic rings. The Morgan fingerprint density at radius 2 is 1.35 bits per heavy atom. The Morgan fingerprint density at radius 1 is 0.812 bits per heavy atom. The zero-order valence-electron chi connectivity index (χ0n) is 27.1. The number of hydrogen-bond acceptors (Lipinski definition) is 8. The summed E-state index contributed by atoms with van der Waals surface area (Å²) in [6.07, 6.45) is 1.48. The van der Waals surface area contributed by atoms with Gasteiger partial charge in [-0.25, -0.2) is 0 Å². The number of nitrogens with zero attached hydrogens (tertiary/aromatic N) is 1. The number of sulfonamides is 2. The van der Waals surface area contributed by atoms with E-state index in [1.54, 1.807) is 68.6 Å².